The lowest BCUT2D eigenvalue weighted by Crippen LogP contribution is -2.18. The maximum absolute atomic E-state index is 13.2. The normalized spacial score (nSPS) is 11.4. The molecule has 0 saturated heterocycles. The number of ether oxygens (including phenoxy) is 2. The summed E-state index contributed by atoms with van der Waals surface area (Å²) in [6, 6.07) is 22.8. The lowest BCUT2D eigenvalue weighted by atomic mass is 10.1. The maximum atomic E-state index is 13.2. The van der Waals surface area contributed by atoms with Crippen molar-refractivity contribution < 1.29 is 31.1 Å². The first-order valence-electron chi connectivity index (χ1n) is 11.9. The zero-order chi connectivity index (χ0) is 28.9. The number of carbonyl (C=O) groups is 1. The monoisotopic (exact) mass is 581 g/mol. The van der Waals surface area contributed by atoms with Crippen molar-refractivity contribution in [2.24, 2.45) is 0 Å². The first-order valence-corrected chi connectivity index (χ1v) is 14.8. The van der Waals surface area contributed by atoms with Crippen molar-refractivity contribution in [3.05, 3.63) is 102 Å². The Morgan fingerprint density at radius 2 is 1.35 bits per heavy atom. The molecule has 0 spiro atoms. The van der Waals surface area contributed by atoms with E-state index in [1.807, 2.05) is 0 Å². The molecule has 208 valence electrons. The van der Waals surface area contributed by atoms with E-state index in [9.17, 15) is 21.6 Å². The summed E-state index contributed by atoms with van der Waals surface area (Å²) in [6.45, 7) is 1.67. The molecule has 40 heavy (non-hydrogen) atoms. The number of rotatable bonds is 10. The van der Waals surface area contributed by atoms with Crippen LogP contribution in [0.25, 0.3) is 0 Å². The van der Waals surface area contributed by atoms with Gasteiger partial charge in [0.05, 0.1) is 29.7 Å². The number of nitrogens with one attached hydrogen (secondary N) is 3. The van der Waals surface area contributed by atoms with Gasteiger partial charge < -0.3 is 14.8 Å². The van der Waals surface area contributed by atoms with Gasteiger partial charge in [-0.15, -0.1) is 0 Å². The second kappa shape index (κ2) is 11.7. The number of para-hydroxylation sites is 2. The summed E-state index contributed by atoms with van der Waals surface area (Å²) < 4.78 is 67.3. The number of carbonyl (C=O) groups excluding carboxylic acids is 1. The predicted octanol–water partition coefficient (Wildman–Crippen LogP) is 4.87. The standard InChI is InChI=1S/C28H27N3O7S2/c1-19-11-16-24(40(35,36)31-26-9-4-5-10-27(26)38-3)18-25(19)28(32)29-21-7-6-8-23(17-21)39(33,34)30-20-12-14-22(37-2)15-13-20/h4-18,30-31H,1-3H3,(H,29,32). The second-order valence-corrected chi connectivity index (χ2v) is 12.0. The maximum Gasteiger partial charge on any atom is 0.262 e. The van der Waals surface area contributed by atoms with Crippen LogP contribution in [0.2, 0.25) is 0 Å². The number of hydrogen-bond acceptors (Lipinski definition) is 7. The molecule has 1 amide bonds. The van der Waals surface area contributed by atoms with E-state index in [0.29, 0.717) is 22.7 Å². The van der Waals surface area contributed by atoms with E-state index in [1.54, 1.807) is 55.5 Å². The summed E-state index contributed by atoms with van der Waals surface area (Å²) in [5.41, 5.74) is 1.43. The van der Waals surface area contributed by atoms with Crippen LogP contribution in [-0.4, -0.2) is 37.0 Å². The van der Waals surface area contributed by atoms with E-state index in [2.05, 4.69) is 14.8 Å². The van der Waals surface area contributed by atoms with E-state index < -0.39 is 26.0 Å². The van der Waals surface area contributed by atoms with Gasteiger partial charge in [0.15, 0.2) is 0 Å². The molecular formula is C28H27N3O7S2. The Kier molecular flexibility index (Phi) is 8.31. The Balaban J connectivity index is 1.55. The van der Waals surface area contributed by atoms with E-state index in [4.69, 9.17) is 9.47 Å². The first-order chi connectivity index (χ1) is 19.0. The van der Waals surface area contributed by atoms with E-state index >= 15 is 0 Å². The fourth-order valence-electron chi connectivity index (χ4n) is 3.76. The van der Waals surface area contributed by atoms with E-state index in [1.165, 1.54) is 56.7 Å². The molecule has 0 aliphatic carbocycles. The highest BCUT2D eigenvalue weighted by atomic mass is 32.2. The number of anilines is 3. The molecule has 12 heteroatoms. The molecule has 0 unspecified atom stereocenters. The summed E-state index contributed by atoms with van der Waals surface area (Å²) in [6.07, 6.45) is 0. The highest BCUT2D eigenvalue weighted by Gasteiger charge is 2.21. The lowest BCUT2D eigenvalue weighted by Gasteiger charge is -2.14. The lowest BCUT2D eigenvalue weighted by molar-refractivity contribution is 0.102. The zero-order valence-electron chi connectivity index (χ0n) is 21.8. The molecule has 0 radical (unpaired) electrons. The van der Waals surface area contributed by atoms with Crippen molar-refractivity contribution in [2.45, 2.75) is 16.7 Å². The van der Waals surface area contributed by atoms with Gasteiger partial charge in [-0.1, -0.05) is 24.3 Å². The molecule has 10 nitrogen and oxygen atoms in total. The minimum atomic E-state index is -4.06. The molecule has 0 aliphatic rings. The zero-order valence-corrected chi connectivity index (χ0v) is 23.5. The molecule has 4 rings (SSSR count). The van der Waals surface area contributed by atoms with Crippen LogP contribution in [0.4, 0.5) is 17.1 Å². The molecule has 0 fully saturated rings. The minimum Gasteiger partial charge on any atom is -0.497 e. The molecule has 0 aromatic heterocycles. The van der Waals surface area contributed by atoms with Gasteiger partial charge in [0.25, 0.3) is 26.0 Å². The van der Waals surface area contributed by atoms with Crippen LogP contribution in [0.15, 0.2) is 101 Å². The third kappa shape index (κ3) is 6.53. The average Bonchev–Trinajstić information content (AvgIpc) is 2.93. The Hall–Kier alpha value is -4.55. The highest BCUT2D eigenvalue weighted by Crippen LogP contribution is 2.27. The second-order valence-electron chi connectivity index (χ2n) is 8.60. The molecule has 0 bridgehead atoms. The molecular weight excluding hydrogens is 554 g/mol. The predicted molar refractivity (Wildman–Crippen MR) is 153 cm³/mol. The van der Waals surface area contributed by atoms with Gasteiger partial charge in [-0.05, 0) is 79.2 Å². The fourth-order valence-corrected chi connectivity index (χ4v) is 5.96. The molecule has 0 aliphatic heterocycles. The minimum absolute atomic E-state index is 0.0739. The number of aryl methyl sites for hydroxylation is 1. The van der Waals surface area contributed by atoms with E-state index in [-0.39, 0.29) is 26.7 Å². The van der Waals surface area contributed by atoms with Gasteiger partial charge in [0, 0.05) is 16.9 Å². The van der Waals surface area contributed by atoms with Gasteiger partial charge in [0.2, 0.25) is 0 Å². The third-order valence-corrected chi connectivity index (χ3v) is 8.60. The van der Waals surface area contributed by atoms with Gasteiger partial charge in [-0.2, -0.15) is 0 Å². The largest absolute Gasteiger partial charge is 0.497 e. The van der Waals surface area contributed by atoms with Gasteiger partial charge >= 0.3 is 0 Å². The van der Waals surface area contributed by atoms with Crippen LogP contribution in [0, 0.1) is 6.92 Å². The molecule has 0 atom stereocenters. The quantitative estimate of drug-likeness (QED) is 0.243. The number of methoxy groups -OCH3 is 2. The Bertz CT molecular complexity index is 1760. The smallest absolute Gasteiger partial charge is 0.262 e. The van der Waals surface area contributed by atoms with Crippen LogP contribution in [-0.2, 0) is 20.0 Å². The van der Waals surface area contributed by atoms with Crippen LogP contribution in [0.5, 0.6) is 11.5 Å². The highest BCUT2D eigenvalue weighted by molar-refractivity contribution is 7.93. The molecule has 3 N–H and O–H groups in total. The van der Waals surface area contributed by atoms with Crippen molar-refractivity contribution in [1.29, 1.82) is 0 Å². The Morgan fingerprint density at radius 1 is 0.675 bits per heavy atom. The molecule has 4 aromatic rings. The van der Waals surface area contributed by atoms with Crippen molar-refractivity contribution in [2.75, 3.05) is 29.0 Å². The van der Waals surface area contributed by atoms with Crippen molar-refractivity contribution in [3.8, 4) is 11.5 Å². The van der Waals surface area contributed by atoms with Crippen molar-refractivity contribution in [3.63, 3.8) is 0 Å². The fraction of sp³-hybridized carbons (Fsp3) is 0.107. The molecule has 0 saturated carbocycles. The number of hydrogen-bond donors (Lipinski definition) is 3. The first kappa shape index (κ1) is 28.5. The SMILES string of the molecule is COc1ccc(NS(=O)(=O)c2cccc(NC(=O)c3cc(S(=O)(=O)Nc4ccccc4OC)ccc3C)c2)cc1. The number of benzene rings is 4. The van der Waals surface area contributed by atoms with Gasteiger partial charge in [-0.3, -0.25) is 14.2 Å². The molecule has 4 aromatic carbocycles. The Labute approximate surface area is 233 Å². The summed E-state index contributed by atoms with van der Waals surface area (Å²) in [7, 11) is -5.09. The molecule has 0 heterocycles. The van der Waals surface area contributed by atoms with Crippen molar-refractivity contribution in [1.82, 2.24) is 0 Å². The Morgan fingerprint density at radius 3 is 2.05 bits per heavy atom. The van der Waals surface area contributed by atoms with Gasteiger partial charge in [-0.25, -0.2) is 16.8 Å². The van der Waals surface area contributed by atoms with Crippen LogP contribution in [0.3, 0.4) is 0 Å². The number of amides is 1. The topological polar surface area (TPSA) is 140 Å². The number of sulfonamides is 2. The van der Waals surface area contributed by atoms with Crippen molar-refractivity contribution >= 4 is 43.0 Å². The van der Waals surface area contributed by atoms with Crippen LogP contribution in [0.1, 0.15) is 15.9 Å². The summed E-state index contributed by atoms with van der Waals surface area (Å²) in [5, 5.41) is 2.65. The third-order valence-electron chi connectivity index (χ3n) is 5.86. The summed E-state index contributed by atoms with van der Waals surface area (Å²) in [5.74, 6) is 0.312. The summed E-state index contributed by atoms with van der Waals surface area (Å²) in [4.78, 5) is 13.0. The van der Waals surface area contributed by atoms with Crippen LogP contribution < -0.4 is 24.2 Å². The van der Waals surface area contributed by atoms with Gasteiger partial charge in [0.1, 0.15) is 11.5 Å². The average molecular weight is 582 g/mol. The van der Waals surface area contributed by atoms with E-state index in [0.717, 1.165) is 0 Å². The van der Waals surface area contributed by atoms with Crippen LogP contribution >= 0.6 is 0 Å². The summed E-state index contributed by atoms with van der Waals surface area (Å²) >= 11 is 0.